The molecule has 6 heteroatoms. The first-order chi connectivity index (χ1) is 9.74. The third kappa shape index (κ3) is 3.07. The number of thioether (sulfide) groups is 1. The van der Waals surface area contributed by atoms with Crippen LogP contribution in [0.25, 0.3) is 0 Å². The second-order valence-corrected chi connectivity index (χ2v) is 6.83. The fourth-order valence-electron chi connectivity index (χ4n) is 2.34. The second-order valence-electron chi connectivity index (χ2n) is 4.78. The van der Waals surface area contributed by atoms with E-state index in [9.17, 15) is 4.79 Å². The maximum absolute atomic E-state index is 11.9. The molecule has 0 aliphatic carbocycles. The summed E-state index contributed by atoms with van der Waals surface area (Å²) >= 11 is 5.30. The van der Waals surface area contributed by atoms with Crippen LogP contribution < -0.4 is 5.43 Å². The molecule has 2 aliphatic heterocycles. The van der Waals surface area contributed by atoms with Crippen molar-refractivity contribution >= 4 is 39.3 Å². The smallest absolute Gasteiger partial charge is 0.269 e. The van der Waals surface area contributed by atoms with Crippen LogP contribution in [0, 0.1) is 0 Å². The SMILES string of the molecule is O=C(NN=C1CCSc2ccc(Br)cc21)C1CCCO1. The number of hydrogen-bond donors (Lipinski definition) is 1. The molecular weight excluding hydrogens is 340 g/mol. The van der Waals surface area contributed by atoms with Gasteiger partial charge in [0.1, 0.15) is 6.10 Å². The summed E-state index contributed by atoms with van der Waals surface area (Å²) in [5.41, 5.74) is 4.69. The van der Waals surface area contributed by atoms with Crippen molar-refractivity contribution in [1.82, 2.24) is 5.43 Å². The Hall–Kier alpha value is -0.850. The number of ether oxygens (including phenoxy) is 1. The zero-order chi connectivity index (χ0) is 13.9. The Labute approximate surface area is 130 Å². The summed E-state index contributed by atoms with van der Waals surface area (Å²) in [7, 11) is 0. The van der Waals surface area contributed by atoms with Crippen molar-refractivity contribution in [1.29, 1.82) is 0 Å². The first-order valence-electron chi connectivity index (χ1n) is 6.65. The predicted molar refractivity (Wildman–Crippen MR) is 83.1 cm³/mol. The first-order valence-corrected chi connectivity index (χ1v) is 8.42. The summed E-state index contributed by atoms with van der Waals surface area (Å²) < 4.78 is 6.38. The lowest BCUT2D eigenvalue weighted by atomic mass is 10.1. The molecule has 3 rings (SSSR count). The van der Waals surface area contributed by atoms with E-state index in [1.165, 1.54) is 4.90 Å². The molecule has 0 radical (unpaired) electrons. The Bertz CT molecular complexity index is 556. The lowest BCUT2D eigenvalue weighted by Gasteiger charge is -2.18. The molecule has 0 saturated carbocycles. The first kappa shape index (κ1) is 14.1. The average molecular weight is 355 g/mol. The molecule has 0 aromatic heterocycles. The van der Waals surface area contributed by atoms with Gasteiger partial charge in [0.25, 0.3) is 5.91 Å². The maximum atomic E-state index is 11.9. The van der Waals surface area contributed by atoms with Crippen LogP contribution in [0.3, 0.4) is 0 Å². The van der Waals surface area contributed by atoms with Gasteiger partial charge in [0.05, 0.1) is 5.71 Å². The molecule has 4 nitrogen and oxygen atoms in total. The molecular formula is C14H15BrN2O2S. The van der Waals surface area contributed by atoms with Gasteiger partial charge in [-0.25, -0.2) is 5.43 Å². The highest BCUT2D eigenvalue weighted by Gasteiger charge is 2.24. The van der Waals surface area contributed by atoms with Crippen LogP contribution in [0.2, 0.25) is 0 Å². The summed E-state index contributed by atoms with van der Waals surface area (Å²) in [4.78, 5) is 13.1. The van der Waals surface area contributed by atoms with Crippen molar-refractivity contribution in [2.75, 3.05) is 12.4 Å². The summed E-state index contributed by atoms with van der Waals surface area (Å²) in [5, 5.41) is 4.31. The van der Waals surface area contributed by atoms with Gasteiger partial charge in [0.2, 0.25) is 0 Å². The van der Waals surface area contributed by atoms with Gasteiger partial charge < -0.3 is 4.74 Å². The van der Waals surface area contributed by atoms with Gasteiger partial charge in [-0.15, -0.1) is 11.8 Å². The normalized spacial score (nSPS) is 23.6. The minimum absolute atomic E-state index is 0.134. The van der Waals surface area contributed by atoms with Crippen LogP contribution in [0.15, 0.2) is 32.7 Å². The van der Waals surface area contributed by atoms with Crippen molar-refractivity contribution in [3.8, 4) is 0 Å². The lowest BCUT2D eigenvalue weighted by Crippen LogP contribution is -2.31. The zero-order valence-electron chi connectivity index (χ0n) is 10.9. The fraction of sp³-hybridized carbons (Fsp3) is 0.429. The van der Waals surface area contributed by atoms with Crippen LogP contribution >= 0.6 is 27.7 Å². The number of hydrogen-bond acceptors (Lipinski definition) is 4. The van der Waals surface area contributed by atoms with Crippen molar-refractivity contribution < 1.29 is 9.53 Å². The number of carbonyl (C=O) groups excluding carboxylic acids is 1. The Morgan fingerprint density at radius 1 is 1.50 bits per heavy atom. The van der Waals surface area contributed by atoms with Gasteiger partial charge in [-0.05, 0) is 31.0 Å². The number of amides is 1. The Balaban J connectivity index is 1.76. The number of hydrazone groups is 1. The van der Waals surface area contributed by atoms with Crippen molar-refractivity contribution in [2.45, 2.75) is 30.3 Å². The van der Waals surface area contributed by atoms with E-state index >= 15 is 0 Å². The largest absolute Gasteiger partial charge is 0.368 e. The summed E-state index contributed by atoms with van der Waals surface area (Å²) in [6, 6.07) is 6.17. The number of fused-ring (bicyclic) bond motifs is 1. The third-order valence-electron chi connectivity index (χ3n) is 3.37. The van der Waals surface area contributed by atoms with Gasteiger partial charge in [-0.2, -0.15) is 5.10 Å². The molecule has 2 heterocycles. The summed E-state index contributed by atoms with van der Waals surface area (Å²) in [6.07, 6.45) is 2.26. The minimum Gasteiger partial charge on any atom is -0.368 e. The fourth-order valence-corrected chi connectivity index (χ4v) is 3.71. The van der Waals surface area contributed by atoms with Crippen molar-refractivity contribution in [3.05, 3.63) is 28.2 Å². The monoisotopic (exact) mass is 354 g/mol. The van der Waals surface area contributed by atoms with Crippen LogP contribution in [-0.2, 0) is 9.53 Å². The topological polar surface area (TPSA) is 50.7 Å². The quantitative estimate of drug-likeness (QED) is 0.830. The van der Waals surface area contributed by atoms with Gasteiger partial charge in [-0.1, -0.05) is 15.9 Å². The van der Waals surface area contributed by atoms with E-state index in [2.05, 4.69) is 38.6 Å². The molecule has 106 valence electrons. The molecule has 1 atom stereocenters. The molecule has 1 N–H and O–H groups in total. The molecule has 1 aromatic carbocycles. The molecule has 20 heavy (non-hydrogen) atoms. The molecule has 1 amide bonds. The van der Waals surface area contributed by atoms with Crippen LogP contribution in [0.4, 0.5) is 0 Å². The van der Waals surface area contributed by atoms with Gasteiger partial charge in [0, 0.05) is 33.7 Å². The number of carbonyl (C=O) groups is 1. The van der Waals surface area contributed by atoms with Gasteiger partial charge in [0.15, 0.2) is 0 Å². The number of halogens is 1. The minimum atomic E-state index is -0.334. The molecule has 0 bridgehead atoms. The molecule has 1 fully saturated rings. The Kier molecular flexibility index (Phi) is 4.43. The van der Waals surface area contributed by atoms with E-state index in [-0.39, 0.29) is 12.0 Å². The molecule has 0 spiro atoms. The van der Waals surface area contributed by atoms with E-state index in [1.807, 2.05) is 17.8 Å². The molecule has 1 saturated heterocycles. The summed E-state index contributed by atoms with van der Waals surface area (Å²) in [5.74, 6) is 0.855. The third-order valence-corrected chi connectivity index (χ3v) is 4.94. The highest BCUT2D eigenvalue weighted by atomic mass is 79.9. The maximum Gasteiger partial charge on any atom is 0.269 e. The second kappa shape index (κ2) is 6.28. The Morgan fingerprint density at radius 3 is 3.20 bits per heavy atom. The van der Waals surface area contributed by atoms with Crippen LogP contribution in [0.1, 0.15) is 24.8 Å². The van der Waals surface area contributed by atoms with E-state index in [4.69, 9.17) is 4.74 Å². The number of nitrogens with one attached hydrogen (secondary N) is 1. The molecule has 1 aromatic rings. The molecule has 1 unspecified atom stereocenters. The number of benzene rings is 1. The highest BCUT2D eigenvalue weighted by molar-refractivity contribution is 9.10. The zero-order valence-corrected chi connectivity index (χ0v) is 13.3. The predicted octanol–water partition coefficient (Wildman–Crippen LogP) is 2.94. The standard InChI is InChI=1S/C14H15BrN2O2S/c15-9-3-4-13-10(8-9)11(5-7-20-13)16-17-14(18)12-2-1-6-19-12/h3-4,8,12H,1-2,5-7H2,(H,17,18). The van der Waals surface area contributed by atoms with Gasteiger partial charge >= 0.3 is 0 Å². The van der Waals surface area contributed by atoms with E-state index in [0.29, 0.717) is 6.61 Å². The van der Waals surface area contributed by atoms with Crippen molar-refractivity contribution in [2.24, 2.45) is 5.10 Å². The van der Waals surface area contributed by atoms with Crippen LogP contribution in [0.5, 0.6) is 0 Å². The van der Waals surface area contributed by atoms with E-state index < -0.39 is 0 Å². The average Bonchev–Trinajstić information content (AvgIpc) is 2.99. The van der Waals surface area contributed by atoms with Crippen molar-refractivity contribution in [3.63, 3.8) is 0 Å². The Morgan fingerprint density at radius 2 is 2.40 bits per heavy atom. The lowest BCUT2D eigenvalue weighted by molar-refractivity contribution is -0.130. The molecule has 2 aliphatic rings. The van der Waals surface area contributed by atoms with Gasteiger partial charge in [-0.3, -0.25) is 4.79 Å². The number of nitrogens with zero attached hydrogens (tertiary/aromatic N) is 1. The van der Waals surface area contributed by atoms with Crippen LogP contribution in [-0.4, -0.2) is 30.1 Å². The van der Waals surface area contributed by atoms with E-state index in [0.717, 1.165) is 40.8 Å². The van der Waals surface area contributed by atoms with E-state index in [1.54, 1.807) is 0 Å². The number of rotatable bonds is 2. The highest BCUT2D eigenvalue weighted by Crippen LogP contribution is 2.32. The summed E-state index contributed by atoms with van der Waals surface area (Å²) in [6.45, 7) is 0.668.